The van der Waals surface area contributed by atoms with Crippen LogP contribution in [0.1, 0.15) is 138 Å². The lowest BCUT2D eigenvalue weighted by atomic mass is 9.80. The van der Waals surface area contributed by atoms with Gasteiger partial charge in [-0.25, -0.2) is 19.9 Å². The summed E-state index contributed by atoms with van der Waals surface area (Å²) in [5.74, 6) is 1.55. The Morgan fingerprint density at radius 1 is 0.629 bits per heavy atom. The summed E-state index contributed by atoms with van der Waals surface area (Å²) < 4.78 is 0. The number of hydrogen-bond donors (Lipinski definition) is 2. The van der Waals surface area contributed by atoms with E-state index in [-0.39, 0.29) is 28.0 Å². The smallest absolute Gasteiger partial charge is 0.237 e. The van der Waals surface area contributed by atoms with E-state index in [4.69, 9.17) is 19.9 Å². The zero-order valence-electron chi connectivity index (χ0n) is 36.7. The summed E-state index contributed by atoms with van der Waals surface area (Å²) in [5.41, 5.74) is 13.0. The van der Waals surface area contributed by atoms with Crippen molar-refractivity contribution in [2.75, 3.05) is 36.0 Å². The Labute approximate surface area is 365 Å². The monoisotopic (exact) mass is 824 g/mol. The maximum absolute atomic E-state index is 14.9. The van der Waals surface area contributed by atoms with Gasteiger partial charge in [-0.05, 0) is 119 Å². The molecule has 2 aromatic heterocycles. The molecule has 4 aromatic carbocycles. The minimum atomic E-state index is -0.577. The predicted octanol–water partition coefficient (Wildman–Crippen LogP) is 9.87. The highest BCUT2D eigenvalue weighted by Gasteiger charge is 2.50. The molecule has 2 N–H and O–H groups in total. The zero-order valence-corrected chi connectivity index (χ0v) is 36.7. The summed E-state index contributed by atoms with van der Waals surface area (Å²) in [6, 6.07) is 30.3. The first-order chi connectivity index (χ1) is 29.8. The number of rotatable bonds is 8. The van der Waals surface area contributed by atoms with Crippen molar-refractivity contribution in [3.63, 3.8) is 0 Å². The van der Waals surface area contributed by atoms with Gasteiger partial charge in [0.25, 0.3) is 0 Å². The highest BCUT2D eigenvalue weighted by Crippen LogP contribution is 2.53. The minimum absolute atomic E-state index is 0.260. The van der Waals surface area contributed by atoms with Crippen molar-refractivity contribution in [3.8, 4) is 22.3 Å². The summed E-state index contributed by atoms with van der Waals surface area (Å²) >= 11 is 0. The Hall–Kier alpha value is -5.77. The molecule has 9 nitrogen and oxygen atoms in total. The highest BCUT2D eigenvalue weighted by molar-refractivity contribution is 6.12. The third kappa shape index (κ3) is 6.63. The van der Waals surface area contributed by atoms with Crippen molar-refractivity contribution in [3.05, 3.63) is 153 Å². The molecular weight excluding hydrogens is 769 g/mol. The Kier molecular flexibility index (Phi) is 9.91. The molecule has 10 rings (SSSR count). The quantitative estimate of drug-likeness (QED) is 0.145. The van der Waals surface area contributed by atoms with Crippen molar-refractivity contribution in [1.29, 1.82) is 0 Å². The van der Waals surface area contributed by atoms with E-state index in [0.29, 0.717) is 62.5 Å². The van der Waals surface area contributed by atoms with Gasteiger partial charge in [0.2, 0.25) is 5.78 Å². The Bertz CT molecular complexity index is 2560. The average molecular weight is 825 g/mol. The topological polar surface area (TPSA) is 116 Å². The molecule has 4 unspecified atom stereocenters. The number of nitrogens with zero attached hydrogens (tertiary/aromatic N) is 6. The molecule has 6 aromatic rings. The van der Waals surface area contributed by atoms with Crippen LogP contribution in [0, 0.1) is 13.8 Å². The van der Waals surface area contributed by atoms with Gasteiger partial charge < -0.3 is 20.0 Å². The van der Waals surface area contributed by atoms with E-state index in [2.05, 4.69) is 122 Å². The Morgan fingerprint density at radius 3 is 1.47 bits per heavy atom. The number of benzene rings is 4. The highest BCUT2D eigenvalue weighted by atomic mass is 16.3. The molecule has 316 valence electrons. The van der Waals surface area contributed by atoms with Gasteiger partial charge in [0.05, 0.1) is 23.6 Å². The first kappa shape index (κ1) is 40.3. The zero-order chi connectivity index (χ0) is 43.1. The lowest BCUT2D eigenvalue weighted by molar-refractivity contribution is 0.102. The van der Waals surface area contributed by atoms with Gasteiger partial charge in [-0.2, -0.15) is 0 Å². The molecule has 2 fully saturated rings. The van der Waals surface area contributed by atoms with Crippen molar-refractivity contribution in [1.82, 2.24) is 19.9 Å². The van der Waals surface area contributed by atoms with Crippen LogP contribution in [0.3, 0.4) is 0 Å². The molecule has 2 spiro atoms. The summed E-state index contributed by atoms with van der Waals surface area (Å²) in [6.45, 7) is 15.3. The number of aliphatic hydroxyl groups is 2. The van der Waals surface area contributed by atoms with Crippen LogP contribution < -0.4 is 9.80 Å². The van der Waals surface area contributed by atoms with Gasteiger partial charge in [-0.1, -0.05) is 100 Å². The number of carbonyl (C=O) groups is 1. The minimum Gasteiger partial charge on any atom is -0.388 e. The molecule has 4 atom stereocenters. The number of ketones is 1. The van der Waals surface area contributed by atoms with Crippen molar-refractivity contribution < 1.29 is 15.0 Å². The third-order valence-electron chi connectivity index (χ3n) is 14.4. The molecule has 4 heterocycles. The normalized spacial score (nSPS) is 22.7. The van der Waals surface area contributed by atoms with Crippen LogP contribution in [0.2, 0.25) is 0 Å². The van der Waals surface area contributed by atoms with Gasteiger partial charge >= 0.3 is 0 Å². The van der Waals surface area contributed by atoms with Gasteiger partial charge in [-0.3, -0.25) is 4.79 Å². The molecule has 4 aliphatic rings. The van der Waals surface area contributed by atoms with Crippen LogP contribution in [0.15, 0.2) is 97.3 Å². The number of hydrogen-bond acceptors (Lipinski definition) is 9. The predicted molar refractivity (Wildman–Crippen MR) is 245 cm³/mol. The van der Waals surface area contributed by atoms with Crippen molar-refractivity contribution in [2.45, 2.75) is 102 Å². The van der Waals surface area contributed by atoms with Crippen molar-refractivity contribution in [2.24, 2.45) is 0 Å². The molecule has 62 heavy (non-hydrogen) atoms. The van der Waals surface area contributed by atoms with Crippen LogP contribution in [0.25, 0.3) is 22.3 Å². The molecule has 2 saturated heterocycles. The van der Waals surface area contributed by atoms with E-state index in [0.717, 1.165) is 46.5 Å². The summed E-state index contributed by atoms with van der Waals surface area (Å²) in [5, 5.41) is 23.2. The molecule has 2 aliphatic carbocycles. The summed E-state index contributed by atoms with van der Waals surface area (Å²) in [6.07, 6.45) is 5.05. The van der Waals surface area contributed by atoms with Gasteiger partial charge in [0.1, 0.15) is 0 Å². The largest absolute Gasteiger partial charge is 0.388 e. The second-order valence-corrected chi connectivity index (χ2v) is 19.1. The van der Waals surface area contributed by atoms with E-state index < -0.39 is 12.2 Å². The maximum Gasteiger partial charge on any atom is 0.237 e. The fourth-order valence-electron chi connectivity index (χ4n) is 11.4. The molecule has 0 amide bonds. The number of fused-ring (bicyclic) bond motifs is 4. The van der Waals surface area contributed by atoms with Gasteiger partial charge in [0, 0.05) is 49.4 Å². The van der Waals surface area contributed by atoms with E-state index in [1.54, 1.807) is 12.4 Å². The van der Waals surface area contributed by atoms with Crippen LogP contribution in [0.5, 0.6) is 0 Å². The lowest BCUT2D eigenvalue weighted by Crippen LogP contribution is -2.32. The average Bonchev–Trinajstić information content (AvgIpc) is 4.04. The molecule has 2 aliphatic heterocycles. The standard InChI is InChI=1S/C53H56N6O3/c1-31(2)37-11-7-9-13-39(37)35-15-17-43-41(23-35)45(60)25-52(43)19-21-58(29-52)50-47(54-27-33(5)56-50)49(62)48-51(57-34(6)28-55-48)59-22-20-53(30-59)26-46(61)42-24-36(16-18-44(42)53)40-14-10-8-12-38(40)32(3)4/h7-18,23-24,27-28,31-32,45-46,60-61H,19-22,25-26,29-30H2,1-6H3. The van der Waals surface area contributed by atoms with E-state index in [1.807, 2.05) is 13.8 Å². The lowest BCUT2D eigenvalue weighted by Gasteiger charge is -2.27. The summed E-state index contributed by atoms with van der Waals surface area (Å²) in [7, 11) is 0. The van der Waals surface area contributed by atoms with Crippen LogP contribution >= 0.6 is 0 Å². The first-order valence-electron chi connectivity index (χ1n) is 22.4. The number of anilines is 2. The van der Waals surface area contributed by atoms with Crippen molar-refractivity contribution >= 4 is 17.4 Å². The van der Waals surface area contributed by atoms with E-state index in [1.165, 1.54) is 33.4 Å². The SMILES string of the molecule is Cc1cnc(C(=O)c2ncc(C)nc2N2CCC3(CC(O)c4cc(-c5ccccc5C(C)C)ccc43)C2)c(N2CCC3(CC(O)c4cc(-c5ccccc5C(C)C)ccc43)C2)n1. The molecule has 0 radical (unpaired) electrons. The molecular formula is C53H56N6O3. The fraction of sp³-hybridized carbons (Fsp3) is 0.377. The molecule has 9 heteroatoms. The van der Waals surface area contributed by atoms with Gasteiger partial charge in [-0.15, -0.1) is 0 Å². The fourth-order valence-corrected chi connectivity index (χ4v) is 11.4. The Morgan fingerprint density at radius 2 is 1.05 bits per heavy atom. The van der Waals surface area contributed by atoms with E-state index in [9.17, 15) is 15.0 Å². The van der Waals surface area contributed by atoms with Gasteiger partial charge in [0.15, 0.2) is 23.0 Å². The Balaban J connectivity index is 0.937. The second kappa shape index (κ2) is 15.2. The number of aryl methyl sites for hydroxylation is 2. The number of aliphatic hydroxyl groups excluding tert-OH is 2. The van der Waals surface area contributed by atoms with Crippen LogP contribution in [-0.2, 0) is 10.8 Å². The molecule has 0 bridgehead atoms. The maximum atomic E-state index is 14.9. The van der Waals surface area contributed by atoms with Crippen LogP contribution in [-0.4, -0.2) is 62.1 Å². The molecule has 0 saturated carbocycles. The second-order valence-electron chi connectivity index (χ2n) is 19.1. The first-order valence-corrected chi connectivity index (χ1v) is 22.4. The third-order valence-corrected chi connectivity index (χ3v) is 14.4. The van der Waals surface area contributed by atoms with Crippen LogP contribution in [0.4, 0.5) is 11.6 Å². The number of aromatic nitrogens is 4. The van der Waals surface area contributed by atoms with E-state index >= 15 is 0 Å². The number of carbonyl (C=O) groups excluding carboxylic acids is 1. The summed E-state index contributed by atoms with van der Waals surface area (Å²) in [4.78, 5) is 38.8.